The van der Waals surface area contributed by atoms with E-state index in [9.17, 15) is 14.4 Å². The van der Waals surface area contributed by atoms with Gasteiger partial charge in [-0.3, -0.25) is 19.3 Å². The Balaban J connectivity index is 1.39. The number of nitrogens with one attached hydrogen (secondary N) is 1. The molecule has 2 amide bonds. The molecule has 2 aromatic carbocycles. The summed E-state index contributed by atoms with van der Waals surface area (Å²) in [6.45, 7) is 0.489. The normalized spacial score (nSPS) is 14.8. The number of fused-ring (bicyclic) bond motifs is 1. The third-order valence-corrected chi connectivity index (χ3v) is 6.88. The van der Waals surface area contributed by atoms with Gasteiger partial charge in [-0.2, -0.15) is 0 Å². The number of amides is 2. The largest absolute Gasteiger partial charge is 0.497 e. The molecular formula is C25H23N3O4S2. The molecule has 1 N–H and O–H groups in total. The van der Waals surface area contributed by atoms with Gasteiger partial charge in [-0.15, -0.1) is 0 Å². The van der Waals surface area contributed by atoms with Gasteiger partial charge in [-0.1, -0.05) is 54.3 Å². The maximum atomic E-state index is 12.9. The fraction of sp³-hybridized carbons (Fsp3) is 0.200. The van der Waals surface area contributed by atoms with Crippen molar-refractivity contribution < 1.29 is 14.3 Å². The van der Waals surface area contributed by atoms with Crippen LogP contribution in [0.1, 0.15) is 17.5 Å². The number of para-hydroxylation sites is 1. The molecule has 1 aromatic heterocycles. The van der Waals surface area contributed by atoms with E-state index in [1.54, 1.807) is 25.1 Å². The quantitative estimate of drug-likeness (QED) is 0.398. The average Bonchev–Trinajstić information content (AvgIpc) is 3.09. The van der Waals surface area contributed by atoms with Gasteiger partial charge in [0.25, 0.3) is 5.91 Å². The highest BCUT2D eigenvalue weighted by atomic mass is 32.2. The highest BCUT2D eigenvalue weighted by Crippen LogP contribution is 2.33. The van der Waals surface area contributed by atoms with E-state index in [2.05, 4.69) is 4.98 Å². The number of hydrogen-bond acceptors (Lipinski definition) is 6. The molecule has 1 aliphatic heterocycles. The zero-order valence-corrected chi connectivity index (χ0v) is 20.4. The lowest BCUT2D eigenvalue weighted by molar-refractivity contribution is -0.131. The summed E-state index contributed by atoms with van der Waals surface area (Å²) >= 11 is 6.61. The van der Waals surface area contributed by atoms with E-state index >= 15 is 0 Å². The van der Waals surface area contributed by atoms with Crippen LogP contribution in [0.5, 0.6) is 5.75 Å². The number of hydrogen-bond donors (Lipinski definition) is 1. The van der Waals surface area contributed by atoms with Gasteiger partial charge in [-0.25, -0.2) is 0 Å². The maximum absolute atomic E-state index is 12.9. The number of H-pyrrole nitrogens is 1. The molecule has 1 fully saturated rings. The van der Waals surface area contributed by atoms with Gasteiger partial charge in [0.05, 0.1) is 12.0 Å². The van der Waals surface area contributed by atoms with E-state index in [0.29, 0.717) is 15.8 Å². The molecule has 4 rings (SSSR count). The van der Waals surface area contributed by atoms with Crippen LogP contribution in [-0.4, -0.2) is 51.6 Å². The Kier molecular flexibility index (Phi) is 7.14. The van der Waals surface area contributed by atoms with Crippen molar-refractivity contribution in [2.45, 2.75) is 13.0 Å². The second-order valence-corrected chi connectivity index (χ2v) is 9.49. The zero-order chi connectivity index (χ0) is 24.2. The summed E-state index contributed by atoms with van der Waals surface area (Å²) in [5, 5.41) is 0.891. The fourth-order valence-electron chi connectivity index (χ4n) is 3.69. The van der Waals surface area contributed by atoms with Crippen molar-refractivity contribution in [2.75, 3.05) is 20.7 Å². The van der Waals surface area contributed by atoms with Gasteiger partial charge in [0, 0.05) is 43.5 Å². The predicted octanol–water partition coefficient (Wildman–Crippen LogP) is 3.79. The van der Waals surface area contributed by atoms with Crippen LogP contribution in [0.15, 0.2) is 64.3 Å². The Hall–Kier alpha value is -3.43. The average molecular weight is 494 g/mol. The third kappa shape index (κ3) is 5.21. The number of pyridine rings is 1. The first-order valence-electron chi connectivity index (χ1n) is 10.6. The van der Waals surface area contributed by atoms with Crippen LogP contribution in [0, 0.1) is 0 Å². The molecule has 0 bridgehead atoms. The topological polar surface area (TPSA) is 82.7 Å². The van der Waals surface area contributed by atoms with E-state index in [1.807, 2.05) is 48.5 Å². The Morgan fingerprint density at radius 3 is 2.65 bits per heavy atom. The van der Waals surface area contributed by atoms with Crippen molar-refractivity contribution in [3.63, 3.8) is 0 Å². The lowest BCUT2D eigenvalue weighted by Crippen LogP contribution is -2.34. The number of aromatic nitrogens is 1. The third-order valence-electron chi connectivity index (χ3n) is 5.51. The number of ether oxygens (including phenoxy) is 1. The van der Waals surface area contributed by atoms with Gasteiger partial charge < -0.3 is 14.6 Å². The molecule has 0 saturated carbocycles. The van der Waals surface area contributed by atoms with E-state index in [0.717, 1.165) is 27.8 Å². The van der Waals surface area contributed by atoms with Crippen molar-refractivity contribution in [3.05, 3.63) is 81.0 Å². The van der Waals surface area contributed by atoms with Crippen molar-refractivity contribution in [1.29, 1.82) is 0 Å². The number of methoxy groups -OCH3 is 1. The number of aromatic amines is 1. The fourth-order valence-corrected chi connectivity index (χ4v) is 5.00. The highest BCUT2D eigenvalue weighted by molar-refractivity contribution is 8.26. The molecule has 0 atom stereocenters. The number of carbonyl (C=O) groups is 2. The minimum atomic E-state index is -0.212. The van der Waals surface area contributed by atoms with Crippen LogP contribution in [0.4, 0.5) is 0 Å². The number of nitrogens with zero attached hydrogens (tertiary/aromatic N) is 2. The lowest BCUT2D eigenvalue weighted by atomic mass is 10.1. The second kappa shape index (κ2) is 10.2. The molecule has 7 nitrogen and oxygen atoms in total. The number of thioether (sulfide) groups is 1. The second-order valence-electron chi connectivity index (χ2n) is 7.81. The van der Waals surface area contributed by atoms with Crippen molar-refractivity contribution >= 4 is 57.1 Å². The van der Waals surface area contributed by atoms with Gasteiger partial charge in [-0.05, 0) is 35.4 Å². The summed E-state index contributed by atoms with van der Waals surface area (Å²) in [4.78, 5) is 44.0. The van der Waals surface area contributed by atoms with Crippen molar-refractivity contribution in [2.24, 2.45) is 0 Å². The molecule has 9 heteroatoms. The smallest absolute Gasteiger partial charge is 0.266 e. The van der Waals surface area contributed by atoms with Crippen LogP contribution in [0.25, 0.3) is 17.0 Å². The van der Waals surface area contributed by atoms with E-state index in [1.165, 1.54) is 22.7 Å². The molecule has 0 unspecified atom stereocenters. The van der Waals surface area contributed by atoms with Crippen molar-refractivity contribution in [3.8, 4) is 5.75 Å². The summed E-state index contributed by atoms with van der Waals surface area (Å²) < 4.78 is 5.59. The number of carbonyl (C=O) groups excluding carboxylic acids is 2. The first-order chi connectivity index (χ1) is 16.4. The van der Waals surface area contributed by atoms with Crippen LogP contribution >= 0.6 is 24.0 Å². The van der Waals surface area contributed by atoms with Crippen LogP contribution in [0.3, 0.4) is 0 Å². The molecule has 174 valence electrons. The Labute approximate surface area is 206 Å². The lowest BCUT2D eigenvalue weighted by Gasteiger charge is -2.20. The molecule has 0 aliphatic carbocycles. The minimum Gasteiger partial charge on any atom is -0.497 e. The molecule has 0 spiro atoms. The van der Waals surface area contributed by atoms with E-state index < -0.39 is 0 Å². The summed E-state index contributed by atoms with van der Waals surface area (Å²) in [5.41, 5.74) is 2.15. The summed E-state index contributed by atoms with van der Waals surface area (Å²) in [6.07, 6.45) is 1.91. The standard InChI is InChI=1S/C25H23N3O4S2/c1-27(15-17-14-22(29)26-20-6-4-3-5-19(17)20)23(30)11-12-28-24(31)21(34-25(28)33)13-16-7-9-18(32-2)10-8-16/h3-10,13-14H,11-12,15H2,1-2H3,(H,26,29). The van der Waals surface area contributed by atoms with Gasteiger partial charge in [0.1, 0.15) is 10.1 Å². The zero-order valence-electron chi connectivity index (χ0n) is 18.7. The summed E-state index contributed by atoms with van der Waals surface area (Å²) in [6, 6.07) is 16.4. The maximum Gasteiger partial charge on any atom is 0.266 e. The summed E-state index contributed by atoms with van der Waals surface area (Å²) in [7, 11) is 3.28. The van der Waals surface area contributed by atoms with Crippen LogP contribution in [0.2, 0.25) is 0 Å². The van der Waals surface area contributed by atoms with Gasteiger partial charge >= 0.3 is 0 Å². The minimum absolute atomic E-state index is 0.125. The van der Waals surface area contributed by atoms with E-state index in [-0.39, 0.29) is 30.3 Å². The Bertz CT molecular complexity index is 1350. The van der Waals surface area contributed by atoms with Gasteiger partial charge in [0.2, 0.25) is 11.5 Å². The Morgan fingerprint density at radius 1 is 1.18 bits per heavy atom. The SMILES string of the molecule is COc1ccc(C=C2SC(=S)N(CCC(=O)N(C)Cc3cc(=O)[nH]c4ccccc34)C2=O)cc1. The van der Waals surface area contributed by atoms with Gasteiger partial charge in [0.15, 0.2) is 0 Å². The van der Waals surface area contributed by atoms with E-state index in [4.69, 9.17) is 17.0 Å². The molecule has 34 heavy (non-hydrogen) atoms. The number of thiocarbonyl (C=S) groups is 1. The first kappa shape index (κ1) is 23.7. The monoisotopic (exact) mass is 493 g/mol. The first-order valence-corrected chi connectivity index (χ1v) is 11.8. The molecule has 1 aliphatic rings. The number of rotatable bonds is 7. The van der Waals surface area contributed by atoms with Crippen LogP contribution in [-0.2, 0) is 16.1 Å². The number of benzene rings is 2. The van der Waals surface area contributed by atoms with Crippen LogP contribution < -0.4 is 10.3 Å². The molecule has 1 saturated heterocycles. The molecule has 2 heterocycles. The summed E-state index contributed by atoms with van der Waals surface area (Å²) in [5.74, 6) is 0.389. The van der Waals surface area contributed by atoms with Crippen molar-refractivity contribution in [1.82, 2.24) is 14.8 Å². The highest BCUT2D eigenvalue weighted by Gasteiger charge is 2.32. The molecule has 0 radical (unpaired) electrons. The molecular weight excluding hydrogens is 470 g/mol. The Morgan fingerprint density at radius 2 is 1.91 bits per heavy atom. The molecule has 3 aromatic rings. The predicted molar refractivity (Wildman–Crippen MR) is 139 cm³/mol.